The van der Waals surface area contributed by atoms with Crippen molar-refractivity contribution >= 4 is 5.91 Å². The monoisotopic (exact) mass is 210 g/mol. The summed E-state index contributed by atoms with van der Waals surface area (Å²) < 4.78 is 0. The Kier molecular flexibility index (Phi) is 5.40. The van der Waals surface area contributed by atoms with Gasteiger partial charge >= 0.3 is 0 Å². The molecule has 0 unspecified atom stereocenters. The fourth-order valence-electron chi connectivity index (χ4n) is 1.87. The molecule has 0 atom stereocenters. The molecule has 1 rings (SSSR count). The van der Waals surface area contributed by atoms with Crippen LogP contribution >= 0.6 is 0 Å². The Balaban J connectivity index is 2.19. The third kappa shape index (κ3) is 5.57. The van der Waals surface area contributed by atoms with E-state index < -0.39 is 0 Å². The maximum atomic E-state index is 11.5. The van der Waals surface area contributed by atoms with E-state index in [9.17, 15) is 4.79 Å². The Bertz CT molecular complexity index is 218. The SMILES string of the molecule is CN(C)C/C=C/C(=O)NC1CCCCC1. The lowest BCUT2D eigenvalue weighted by molar-refractivity contribution is -0.117. The molecule has 0 bridgehead atoms. The molecule has 86 valence electrons. The van der Waals surface area contributed by atoms with Crippen LogP contribution in [0.1, 0.15) is 32.1 Å². The van der Waals surface area contributed by atoms with Crippen molar-refractivity contribution in [3.8, 4) is 0 Å². The number of nitrogens with zero attached hydrogens (tertiary/aromatic N) is 1. The molecule has 0 radical (unpaired) electrons. The van der Waals surface area contributed by atoms with Gasteiger partial charge < -0.3 is 10.2 Å². The molecule has 15 heavy (non-hydrogen) atoms. The third-order valence-corrected chi connectivity index (χ3v) is 2.69. The third-order valence-electron chi connectivity index (χ3n) is 2.69. The molecule has 1 aliphatic rings. The normalized spacial score (nSPS) is 18.6. The number of nitrogens with one attached hydrogen (secondary N) is 1. The minimum atomic E-state index is 0.0590. The fourth-order valence-corrected chi connectivity index (χ4v) is 1.87. The van der Waals surface area contributed by atoms with Crippen molar-refractivity contribution in [2.45, 2.75) is 38.1 Å². The van der Waals surface area contributed by atoms with Gasteiger partial charge in [-0.25, -0.2) is 0 Å². The van der Waals surface area contributed by atoms with Gasteiger partial charge in [-0.1, -0.05) is 25.3 Å². The van der Waals surface area contributed by atoms with E-state index in [2.05, 4.69) is 5.32 Å². The van der Waals surface area contributed by atoms with Crippen molar-refractivity contribution in [3.63, 3.8) is 0 Å². The Labute approximate surface area is 92.5 Å². The lowest BCUT2D eigenvalue weighted by atomic mass is 9.95. The average Bonchev–Trinajstić information content (AvgIpc) is 2.18. The van der Waals surface area contributed by atoms with Crippen LogP contribution in [0.15, 0.2) is 12.2 Å². The molecule has 0 saturated heterocycles. The van der Waals surface area contributed by atoms with Crippen molar-refractivity contribution in [2.75, 3.05) is 20.6 Å². The van der Waals surface area contributed by atoms with Crippen LogP contribution in [0.2, 0.25) is 0 Å². The van der Waals surface area contributed by atoms with Crippen molar-refractivity contribution in [3.05, 3.63) is 12.2 Å². The minimum Gasteiger partial charge on any atom is -0.350 e. The van der Waals surface area contributed by atoms with Crippen LogP contribution in [0, 0.1) is 0 Å². The summed E-state index contributed by atoms with van der Waals surface area (Å²) in [5, 5.41) is 3.05. The minimum absolute atomic E-state index is 0.0590. The molecule has 1 aliphatic carbocycles. The highest BCUT2D eigenvalue weighted by Gasteiger charge is 2.13. The maximum absolute atomic E-state index is 11.5. The maximum Gasteiger partial charge on any atom is 0.243 e. The van der Waals surface area contributed by atoms with E-state index in [-0.39, 0.29) is 5.91 Å². The quantitative estimate of drug-likeness (QED) is 0.714. The average molecular weight is 210 g/mol. The number of hydrogen-bond acceptors (Lipinski definition) is 2. The summed E-state index contributed by atoms with van der Waals surface area (Å²) in [6.07, 6.45) is 9.68. The van der Waals surface area contributed by atoms with Gasteiger partial charge in [0.05, 0.1) is 0 Å². The van der Waals surface area contributed by atoms with Gasteiger partial charge in [0.2, 0.25) is 5.91 Å². The van der Waals surface area contributed by atoms with Gasteiger partial charge in [-0.15, -0.1) is 0 Å². The first kappa shape index (κ1) is 12.2. The lowest BCUT2D eigenvalue weighted by Crippen LogP contribution is -2.35. The molecule has 0 aromatic heterocycles. The second-order valence-corrected chi connectivity index (χ2v) is 4.51. The second-order valence-electron chi connectivity index (χ2n) is 4.51. The van der Waals surface area contributed by atoms with E-state index in [0.717, 1.165) is 19.4 Å². The summed E-state index contributed by atoms with van der Waals surface area (Å²) in [6, 6.07) is 0.412. The Hall–Kier alpha value is -0.830. The van der Waals surface area contributed by atoms with Gasteiger partial charge in [-0.05, 0) is 26.9 Å². The smallest absolute Gasteiger partial charge is 0.243 e. The lowest BCUT2D eigenvalue weighted by Gasteiger charge is -2.21. The molecule has 3 nitrogen and oxygen atoms in total. The summed E-state index contributed by atoms with van der Waals surface area (Å²) in [4.78, 5) is 13.5. The second kappa shape index (κ2) is 6.62. The number of hydrogen-bond donors (Lipinski definition) is 1. The predicted octanol–water partition coefficient (Wildman–Crippen LogP) is 1.55. The Morgan fingerprint density at radius 1 is 1.33 bits per heavy atom. The molecule has 0 aromatic rings. The van der Waals surface area contributed by atoms with Gasteiger partial charge in [0.15, 0.2) is 0 Å². The van der Waals surface area contributed by atoms with Crippen molar-refractivity contribution in [1.82, 2.24) is 10.2 Å². The van der Waals surface area contributed by atoms with E-state index in [4.69, 9.17) is 0 Å². The summed E-state index contributed by atoms with van der Waals surface area (Å²) >= 11 is 0. The van der Waals surface area contributed by atoms with E-state index in [1.54, 1.807) is 6.08 Å². The van der Waals surface area contributed by atoms with Crippen LogP contribution in [0.25, 0.3) is 0 Å². The van der Waals surface area contributed by atoms with Crippen LogP contribution in [0.5, 0.6) is 0 Å². The number of amides is 1. The van der Waals surface area contributed by atoms with Gasteiger partial charge in [0.1, 0.15) is 0 Å². The van der Waals surface area contributed by atoms with E-state index in [0.29, 0.717) is 6.04 Å². The summed E-state index contributed by atoms with van der Waals surface area (Å²) in [6.45, 7) is 0.818. The molecule has 0 aromatic carbocycles. The summed E-state index contributed by atoms with van der Waals surface area (Å²) in [5.74, 6) is 0.0590. The standard InChI is InChI=1S/C12H22N2O/c1-14(2)10-6-9-12(15)13-11-7-4-3-5-8-11/h6,9,11H,3-5,7-8,10H2,1-2H3,(H,13,15)/b9-6+. The van der Waals surface area contributed by atoms with Crippen molar-refractivity contribution in [1.29, 1.82) is 0 Å². The first-order chi connectivity index (χ1) is 7.18. The largest absolute Gasteiger partial charge is 0.350 e. The van der Waals surface area contributed by atoms with Crippen molar-refractivity contribution < 1.29 is 4.79 Å². The highest BCUT2D eigenvalue weighted by molar-refractivity contribution is 5.87. The zero-order valence-corrected chi connectivity index (χ0v) is 9.83. The van der Waals surface area contributed by atoms with Gasteiger partial charge in [0, 0.05) is 18.7 Å². The molecule has 0 spiro atoms. The van der Waals surface area contributed by atoms with Crippen molar-refractivity contribution in [2.24, 2.45) is 0 Å². The molecule has 1 amide bonds. The van der Waals surface area contributed by atoms with E-state index in [1.165, 1.54) is 19.3 Å². The van der Waals surface area contributed by atoms with E-state index >= 15 is 0 Å². The van der Waals surface area contributed by atoms with Gasteiger partial charge in [0.25, 0.3) is 0 Å². The Morgan fingerprint density at radius 2 is 2.00 bits per heavy atom. The zero-order valence-electron chi connectivity index (χ0n) is 9.83. The molecule has 3 heteroatoms. The number of likely N-dealkylation sites (N-methyl/N-ethyl adjacent to an activating group) is 1. The zero-order chi connectivity index (χ0) is 11.1. The van der Waals surface area contributed by atoms with Gasteiger partial charge in [-0.2, -0.15) is 0 Å². The topological polar surface area (TPSA) is 32.3 Å². The molecule has 0 heterocycles. The molecule has 1 N–H and O–H groups in total. The molecular formula is C12H22N2O. The first-order valence-electron chi connectivity index (χ1n) is 5.80. The molecular weight excluding hydrogens is 188 g/mol. The van der Waals surface area contributed by atoms with Crippen LogP contribution in [0.4, 0.5) is 0 Å². The van der Waals surface area contributed by atoms with Crippen LogP contribution in [-0.2, 0) is 4.79 Å². The number of rotatable bonds is 4. The first-order valence-corrected chi connectivity index (χ1v) is 5.80. The fraction of sp³-hybridized carbons (Fsp3) is 0.750. The number of carbonyl (C=O) groups excluding carboxylic acids is 1. The highest BCUT2D eigenvalue weighted by Crippen LogP contribution is 2.17. The summed E-state index contributed by atoms with van der Waals surface area (Å²) in [7, 11) is 3.98. The van der Waals surface area contributed by atoms with Crippen LogP contribution < -0.4 is 5.32 Å². The van der Waals surface area contributed by atoms with Gasteiger partial charge in [-0.3, -0.25) is 4.79 Å². The van der Waals surface area contributed by atoms with Crippen LogP contribution in [0.3, 0.4) is 0 Å². The Morgan fingerprint density at radius 3 is 2.60 bits per heavy atom. The van der Waals surface area contributed by atoms with E-state index in [1.807, 2.05) is 25.1 Å². The molecule has 0 aliphatic heterocycles. The summed E-state index contributed by atoms with van der Waals surface area (Å²) in [5.41, 5.74) is 0. The highest BCUT2D eigenvalue weighted by atomic mass is 16.1. The molecule has 1 saturated carbocycles. The molecule has 1 fully saturated rings. The number of carbonyl (C=O) groups is 1. The van der Waals surface area contributed by atoms with Crippen LogP contribution in [-0.4, -0.2) is 37.5 Å². The predicted molar refractivity (Wildman–Crippen MR) is 62.7 cm³/mol.